The van der Waals surface area contributed by atoms with Gasteiger partial charge in [-0.05, 0) is 84.9 Å². The van der Waals surface area contributed by atoms with E-state index in [9.17, 15) is 66.3 Å². The van der Waals surface area contributed by atoms with Gasteiger partial charge >= 0.3 is 124 Å². The molecule has 0 fully saturated rings. The molecule has 4 amide bonds. The van der Waals surface area contributed by atoms with E-state index in [1.807, 2.05) is 0 Å². The van der Waals surface area contributed by atoms with E-state index >= 15 is 0 Å². The topological polar surface area (TPSA) is 317 Å². The minimum absolute atomic E-state index is 0. The minimum atomic E-state index is -4.93. The molecule has 6 aromatic carbocycles. The van der Waals surface area contributed by atoms with Crippen molar-refractivity contribution in [2.24, 2.45) is 0 Å². The molecule has 6 aromatic rings. The molecule has 0 bridgehead atoms. The number of carbonyl (C=O) groups excluding carboxylic acids is 3. The van der Waals surface area contributed by atoms with Crippen LogP contribution >= 0.6 is 0 Å². The van der Waals surface area contributed by atoms with Crippen LogP contribution in [0, 0.1) is 0 Å². The molecule has 19 nitrogen and oxygen atoms in total. The first-order chi connectivity index (χ1) is 27.0. The molecule has 0 aliphatic rings. The molecular weight excluding hydrogens is 937 g/mol. The first-order valence-corrected chi connectivity index (χ1v) is 21.7. The number of nitrogens with one attached hydrogen (secondary N) is 4. The molecule has 0 aliphatic heterocycles. The maximum absolute atomic E-state index is 13.1. The molecule has 308 valence electrons. The average Bonchev–Trinajstić information content (AvgIpc) is 3.13. The Kier molecular flexibility index (Phi) is 19.6. The van der Waals surface area contributed by atoms with Gasteiger partial charge in [0.15, 0.2) is 0 Å². The normalized spacial score (nSPS) is 11.4. The number of benzene rings is 6. The zero-order valence-corrected chi connectivity index (χ0v) is 32.1. The quantitative estimate of drug-likeness (QED) is 0.0723. The Morgan fingerprint density at radius 2 is 0.677 bits per heavy atom. The van der Waals surface area contributed by atoms with Crippen molar-refractivity contribution in [1.29, 1.82) is 0 Å². The van der Waals surface area contributed by atoms with Crippen LogP contribution in [-0.4, -0.2) is 188 Å². The van der Waals surface area contributed by atoms with Crippen LogP contribution in [0.15, 0.2) is 129 Å². The summed E-state index contributed by atoms with van der Waals surface area (Å²) in [5.41, 5.74) is 0.0106. The van der Waals surface area contributed by atoms with E-state index < -0.39 is 77.9 Å². The van der Waals surface area contributed by atoms with Crippen molar-refractivity contribution in [3.05, 3.63) is 120 Å². The molecule has 0 radical (unpaired) electrons. The molecule has 0 heterocycles. The second kappa shape index (κ2) is 21.8. The van der Waals surface area contributed by atoms with Gasteiger partial charge < -0.3 is 21.3 Å². The van der Waals surface area contributed by atoms with E-state index in [2.05, 4.69) is 21.3 Å². The van der Waals surface area contributed by atoms with Crippen molar-refractivity contribution in [3.8, 4) is 0 Å². The number of fused-ring (bicyclic) bond motifs is 2. The van der Waals surface area contributed by atoms with Gasteiger partial charge in [-0.3, -0.25) is 27.8 Å². The second-order valence-electron chi connectivity index (χ2n) is 12.1. The van der Waals surface area contributed by atoms with E-state index in [1.54, 1.807) is 0 Å². The molecule has 8 N–H and O–H groups in total. The third kappa shape index (κ3) is 12.9. The number of carbonyl (C=O) groups is 3. The van der Waals surface area contributed by atoms with Gasteiger partial charge in [0.2, 0.25) is 0 Å². The predicted molar refractivity (Wildman–Crippen MR) is 237 cm³/mol. The molecule has 0 aliphatic carbocycles. The summed E-state index contributed by atoms with van der Waals surface area (Å²) in [5.74, 6) is -1.60. The first-order valence-electron chi connectivity index (χ1n) is 15.9. The second-order valence-corrected chi connectivity index (χ2v) is 17.7. The SMILES string of the molecule is O=C(Nc1ccc(C(=O)Nc2ccc(S(=O)(=O)O)c3cccc(S(=O)(=O)O)c23)cc1)Nc1ccc(C(=O)Nc2ccc(S(=O)(=O)O)c3cccc(S(=O)(=O)O)c23)cc1.[NaH].[NaH].[NaH].[NaH]. The fraction of sp³-hybridized carbons (Fsp3) is 0. The average molecular weight is 967 g/mol. The van der Waals surface area contributed by atoms with Gasteiger partial charge in [-0.15, -0.1) is 0 Å². The van der Waals surface area contributed by atoms with Crippen LogP contribution in [0.1, 0.15) is 20.7 Å². The van der Waals surface area contributed by atoms with E-state index in [-0.39, 0.29) is 174 Å². The number of hydrogen-bond donors (Lipinski definition) is 8. The van der Waals surface area contributed by atoms with Crippen LogP contribution in [-0.2, 0) is 40.5 Å². The number of hydrogen-bond acceptors (Lipinski definition) is 11. The van der Waals surface area contributed by atoms with Gasteiger partial charge in [0.05, 0.1) is 11.4 Å². The molecular formula is C35H30N4Na4O15S4. The van der Waals surface area contributed by atoms with Crippen LogP contribution in [0.3, 0.4) is 0 Å². The molecule has 0 saturated heterocycles. The van der Waals surface area contributed by atoms with Gasteiger partial charge in [-0.25, -0.2) is 4.79 Å². The third-order valence-corrected chi connectivity index (χ3v) is 12.0. The first kappa shape index (κ1) is 55.8. The zero-order valence-electron chi connectivity index (χ0n) is 28.8. The van der Waals surface area contributed by atoms with Crippen molar-refractivity contribution < 1.29 is 66.3 Å². The van der Waals surface area contributed by atoms with E-state index in [0.29, 0.717) is 0 Å². The van der Waals surface area contributed by atoms with E-state index in [4.69, 9.17) is 0 Å². The summed E-state index contributed by atoms with van der Waals surface area (Å²) < 4.78 is 135. The molecule has 0 atom stereocenters. The van der Waals surface area contributed by atoms with Gasteiger partial charge in [0.25, 0.3) is 52.3 Å². The van der Waals surface area contributed by atoms with Crippen molar-refractivity contribution >= 4 is 221 Å². The number of rotatable bonds is 10. The molecule has 27 heteroatoms. The Morgan fingerprint density at radius 1 is 0.371 bits per heavy atom. The van der Waals surface area contributed by atoms with Crippen LogP contribution in [0.4, 0.5) is 27.5 Å². The van der Waals surface area contributed by atoms with Crippen LogP contribution in [0.25, 0.3) is 21.5 Å². The molecule has 0 saturated carbocycles. The Bertz CT molecular complexity index is 2970. The number of amides is 4. The molecule has 6 rings (SSSR count). The summed E-state index contributed by atoms with van der Waals surface area (Å²) in [6, 6.07) is 20.4. The zero-order chi connectivity index (χ0) is 42.4. The summed E-state index contributed by atoms with van der Waals surface area (Å²) >= 11 is 0. The van der Waals surface area contributed by atoms with Gasteiger partial charge in [0, 0.05) is 44.0 Å². The standard InChI is InChI=1S/C35H26N4O15S4.4Na.4H/c40-33(38-25-15-17-27(55(43,44)45)23-3-1-5-29(31(23)25)57(49,50)51)19-7-11-21(12-8-19)36-35(42)37-22-13-9-20(10-14-22)34(41)39-26-16-18-28(56(46,47)48)24-4-2-6-30(32(24)26)58(52,53)54;;;;;;;;/h1-18H,(H,38,40)(H,39,41)(H2,36,37,42)(H,43,44,45)(H,46,47,48)(H,49,50,51)(H,52,53,54);;;;;;;;. The Hall–Kier alpha value is -2.31. The number of anilines is 4. The molecule has 0 spiro atoms. The van der Waals surface area contributed by atoms with Crippen LogP contribution in [0.2, 0.25) is 0 Å². The fourth-order valence-electron chi connectivity index (χ4n) is 5.87. The van der Waals surface area contributed by atoms with Crippen molar-refractivity contribution in [2.75, 3.05) is 21.3 Å². The monoisotopic (exact) mass is 966 g/mol. The maximum atomic E-state index is 13.1. The van der Waals surface area contributed by atoms with Crippen LogP contribution in [0.5, 0.6) is 0 Å². The van der Waals surface area contributed by atoms with E-state index in [1.165, 1.54) is 60.7 Å². The molecule has 0 aromatic heterocycles. The Labute approximate surface area is 442 Å². The summed E-state index contributed by atoms with van der Waals surface area (Å²) in [4.78, 5) is 36.2. The fourth-order valence-corrected chi connectivity index (χ4v) is 8.71. The molecule has 0 unspecified atom stereocenters. The van der Waals surface area contributed by atoms with Gasteiger partial charge in [-0.1, -0.05) is 24.3 Å². The third-order valence-electron chi connectivity index (χ3n) is 8.34. The van der Waals surface area contributed by atoms with Gasteiger partial charge in [0.1, 0.15) is 19.6 Å². The summed E-state index contributed by atoms with van der Waals surface area (Å²) in [5, 5.41) is 8.60. The van der Waals surface area contributed by atoms with Crippen molar-refractivity contribution in [3.63, 3.8) is 0 Å². The summed E-state index contributed by atoms with van der Waals surface area (Å²) in [6.45, 7) is 0. The van der Waals surface area contributed by atoms with Crippen molar-refractivity contribution in [2.45, 2.75) is 19.6 Å². The Balaban J connectivity index is 0.00000331. The summed E-state index contributed by atoms with van der Waals surface area (Å²) in [6.07, 6.45) is 0. The van der Waals surface area contributed by atoms with Gasteiger partial charge in [-0.2, -0.15) is 33.7 Å². The van der Waals surface area contributed by atoms with Crippen molar-refractivity contribution in [1.82, 2.24) is 0 Å². The van der Waals surface area contributed by atoms with Crippen LogP contribution < -0.4 is 21.3 Å². The predicted octanol–water partition coefficient (Wildman–Crippen LogP) is 2.53. The Morgan fingerprint density at radius 3 is 0.968 bits per heavy atom. The van der Waals surface area contributed by atoms with E-state index in [0.717, 1.165) is 48.5 Å². The molecule has 62 heavy (non-hydrogen) atoms. The summed E-state index contributed by atoms with van der Waals surface area (Å²) in [7, 11) is -19.5. The number of urea groups is 1.